The molecule has 1 rings (SSSR count). The Morgan fingerprint density at radius 2 is 2.24 bits per heavy atom. The zero-order valence-corrected chi connectivity index (χ0v) is 11.3. The van der Waals surface area contributed by atoms with Crippen LogP contribution in [0.5, 0.6) is 0 Å². The SMILES string of the molecule is CC(O)(CO)CNc1ccc([N+](=O)[O-])c(I)c1. The third-order valence-corrected chi connectivity index (χ3v) is 3.02. The Bertz CT molecular complexity index is 423. The molecule has 0 bridgehead atoms. The van der Waals surface area contributed by atoms with Crippen LogP contribution in [0.15, 0.2) is 18.2 Å². The maximum Gasteiger partial charge on any atom is 0.282 e. The van der Waals surface area contributed by atoms with Crippen molar-refractivity contribution < 1.29 is 15.1 Å². The van der Waals surface area contributed by atoms with E-state index in [0.29, 0.717) is 9.26 Å². The van der Waals surface area contributed by atoms with Crippen molar-refractivity contribution in [2.45, 2.75) is 12.5 Å². The minimum atomic E-state index is -1.22. The van der Waals surface area contributed by atoms with E-state index in [4.69, 9.17) is 5.11 Å². The zero-order chi connectivity index (χ0) is 13.1. The summed E-state index contributed by atoms with van der Waals surface area (Å²) in [4.78, 5) is 10.2. The van der Waals surface area contributed by atoms with Gasteiger partial charge in [0.05, 0.1) is 15.1 Å². The summed E-state index contributed by atoms with van der Waals surface area (Å²) in [5, 5.41) is 31.9. The van der Waals surface area contributed by atoms with Gasteiger partial charge in [0, 0.05) is 18.3 Å². The Morgan fingerprint density at radius 3 is 2.71 bits per heavy atom. The zero-order valence-electron chi connectivity index (χ0n) is 9.18. The number of benzene rings is 1. The highest BCUT2D eigenvalue weighted by molar-refractivity contribution is 14.1. The van der Waals surface area contributed by atoms with Gasteiger partial charge in [0.25, 0.3) is 5.69 Å². The lowest BCUT2D eigenvalue weighted by Gasteiger charge is -2.21. The quantitative estimate of drug-likeness (QED) is 0.423. The van der Waals surface area contributed by atoms with Gasteiger partial charge in [0.15, 0.2) is 0 Å². The molecule has 0 aliphatic heterocycles. The van der Waals surface area contributed by atoms with Gasteiger partial charge in [-0.3, -0.25) is 10.1 Å². The van der Waals surface area contributed by atoms with Crippen LogP contribution < -0.4 is 5.32 Å². The average molecular weight is 352 g/mol. The molecular formula is C10H13IN2O4. The van der Waals surface area contributed by atoms with Gasteiger partial charge < -0.3 is 15.5 Å². The molecular weight excluding hydrogens is 339 g/mol. The number of nitro groups is 1. The molecule has 1 aromatic carbocycles. The summed E-state index contributed by atoms with van der Waals surface area (Å²) in [6, 6.07) is 4.58. The maximum atomic E-state index is 10.6. The summed E-state index contributed by atoms with van der Waals surface area (Å²) in [7, 11) is 0. The van der Waals surface area contributed by atoms with Crippen LogP contribution in [0, 0.1) is 13.7 Å². The van der Waals surface area contributed by atoms with Crippen LogP contribution in [-0.2, 0) is 0 Å². The topological polar surface area (TPSA) is 95.6 Å². The van der Waals surface area contributed by atoms with Crippen LogP contribution in [0.3, 0.4) is 0 Å². The molecule has 0 aromatic heterocycles. The molecule has 0 saturated heterocycles. The predicted molar refractivity (Wildman–Crippen MR) is 72.0 cm³/mol. The van der Waals surface area contributed by atoms with Crippen molar-refractivity contribution >= 4 is 34.0 Å². The second-order valence-corrected chi connectivity index (χ2v) is 5.09. The summed E-state index contributed by atoms with van der Waals surface area (Å²) >= 11 is 1.88. The van der Waals surface area contributed by atoms with Crippen LogP contribution in [-0.4, -0.2) is 33.9 Å². The molecule has 94 valence electrons. The molecule has 6 nitrogen and oxygen atoms in total. The van der Waals surface area contributed by atoms with Gasteiger partial charge >= 0.3 is 0 Å². The summed E-state index contributed by atoms with van der Waals surface area (Å²) in [6.07, 6.45) is 0. The van der Waals surface area contributed by atoms with Crippen LogP contribution in [0.1, 0.15) is 6.92 Å². The molecule has 0 heterocycles. The first-order chi connectivity index (χ1) is 7.85. The van der Waals surface area contributed by atoms with E-state index in [1.807, 2.05) is 22.6 Å². The summed E-state index contributed by atoms with van der Waals surface area (Å²) < 4.78 is 0.515. The van der Waals surface area contributed by atoms with E-state index < -0.39 is 10.5 Å². The Kier molecular flexibility index (Phi) is 4.66. The molecule has 7 heteroatoms. The Labute approximate surface area is 112 Å². The maximum absolute atomic E-state index is 10.6. The average Bonchev–Trinajstić information content (AvgIpc) is 2.26. The highest BCUT2D eigenvalue weighted by atomic mass is 127. The van der Waals surface area contributed by atoms with E-state index >= 15 is 0 Å². The molecule has 0 fully saturated rings. The van der Waals surface area contributed by atoms with E-state index in [2.05, 4.69) is 5.32 Å². The normalized spacial score (nSPS) is 14.1. The first-order valence-corrected chi connectivity index (χ1v) is 5.95. The van der Waals surface area contributed by atoms with Gasteiger partial charge in [-0.25, -0.2) is 0 Å². The standard InChI is InChI=1S/C10H13IN2O4/c1-10(15,6-14)5-12-7-2-3-9(13(16)17)8(11)4-7/h2-4,12,14-15H,5-6H2,1H3. The van der Waals surface area contributed by atoms with E-state index in [0.717, 1.165) is 0 Å². The molecule has 17 heavy (non-hydrogen) atoms. The number of nitro benzene ring substituents is 1. The minimum Gasteiger partial charge on any atom is -0.393 e. The summed E-state index contributed by atoms with van der Waals surface area (Å²) in [6.45, 7) is 1.30. The van der Waals surface area contributed by atoms with E-state index in [1.54, 1.807) is 12.1 Å². The van der Waals surface area contributed by atoms with Crippen molar-refractivity contribution in [2.75, 3.05) is 18.5 Å². The summed E-state index contributed by atoms with van der Waals surface area (Å²) in [5.41, 5.74) is -0.508. The number of hydrogen-bond donors (Lipinski definition) is 3. The van der Waals surface area contributed by atoms with E-state index in [-0.39, 0.29) is 18.8 Å². The van der Waals surface area contributed by atoms with Gasteiger partial charge in [-0.15, -0.1) is 0 Å². The van der Waals surface area contributed by atoms with Gasteiger partial charge in [0.2, 0.25) is 0 Å². The highest BCUT2D eigenvalue weighted by Crippen LogP contribution is 2.24. The van der Waals surface area contributed by atoms with E-state index in [1.165, 1.54) is 13.0 Å². The van der Waals surface area contributed by atoms with Crippen molar-refractivity contribution in [1.29, 1.82) is 0 Å². The minimum absolute atomic E-state index is 0.0464. The van der Waals surface area contributed by atoms with Crippen molar-refractivity contribution in [2.24, 2.45) is 0 Å². The molecule has 1 aromatic rings. The first-order valence-electron chi connectivity index (χ1n) is 4.87. The monoisotopic (exact) mass is 352 g/mol. The lowest BCUT2D eigenvalue weighted by atomic mass is 10.1. The third-order valence-electron chi connectivity index (χ3n) is 2.16. The highest BCUT2D eigenvalue weighted by Gasteiger charge is 2.19. The number of halogens is 1. The first kappa shape index (κ1) is 14.1. The fourth-order valence-corrected chi connectivity index (χ4v) is 1.83. The number of anilines is 1. The molecule has 0 saturated carbocycles. The molecule has 0 aliphatic carbocycles. The molecule has 0 aliphatic rings. The molecule has 0 spiro atoms. The van der Waals surface area contributed by atoms with Crippen molar-refractivity contribution in [3.63, 3.8) is 0 Å². The van der Waals surface area contributed by atoms with Crippen molar-refractivity contribution in [1.82, 2.24) is 0 Å². The van der Waals surface area contributed by atoms with Crippen LogP contribution in [0.4, 0.5) is 11.4 Å². The smallest absolute Gasteiger partial charge is 0.282 e. The van der Waals surface area contributed by atoms with Gasteiger partial charge in [-0.1, -0.05) is 0 Å². The molecule has 1 unspecified atom stereocenters. The molecule has 0 amide bonds. The van der Waals surface area contributed by atoms with Crippen LogP contribution in [0.2, 0.25) is 0 Å². The number of nitrogens with one attached hydrogen (secondary N) is 1. The fourth-order valence-electron chi connectivity index (χ4n) is 1.11. The van der Waals surface area contributed by atoms with Gasteiger partial charge in [0.1, 0.15) is 5.60 Å². The largest absolute Gasteiger partial charge is 0.393 e. The Morgan fingerprint density at radius 1 is 1.59 bits per heavy atom. The lowest BCUT2D eigenvalue weighted by Crippen LogP contribution is -2.37. The number of nitrogens with zero attached hydrogens (tertiary/aromatic N) is 1. The predicted octanol–water partition coefficient (Wildman–Crippen LogP) is 1.35. The van der Waals surface area contributed by atoms with Crippen molar-refractivity contribution in [3.05, 3.63) is 31.9 Å². The third kappa shape index (κ3) is 4.10. The van der Waals surface area contributed by atoms with Gasteiger partial charge in [-0.2, -0.15) is 0 Å². The second kappa shape index (κ2) is 5.61. The lowest BCUT2D eigenvalue weighted by molar-refractivity contribution is -0.385. The molecule has 3 N–H and O–H groups in total. The van der Waals surface area contributed by atoms with Crippen LogP contribution in [0.25, 0.3) is 0 Å². The second-order valence-electron chi connectivity index (χ2n) is 3.93. The van der Waals surface area contributed by atoms with Crippen molar-refractivity contribution in [3.8, 4) is 0 Å². The summed E-state index contributed by atoms with van der Waals surface area (Å²) in [5.74, 6) is 0. The number of rotatable bonds is 5. The van der Waals surface area contributed by atoms with E-state index in [9.17, 15) is 15.2 Å². The number of aliphatic hydroxyl groups excluding tert-OH is 1. The fraction of sp³-hybridized carbons (Fsp3) is 0.400. The molecule has 0 radical (unpaired) electrons. The van der Waals surface area contributed by atoms with Gasteiger partial charge in [-0.05, 0) is 41.6 Å². The Balaban J connectivity index is 2.75. The number of hydrogen-bond acceptors (Lipinski definition) is 5. The number of aliphatic hydroxyl groups is 2. The molecule has 1 atom stereocenters. The van der Waals surface area contributed by atoms with Crippen LogP contribution >= 0.6 is 22.6 Å². The Hall–Kier alpha value is -0.930.